The van der Waals surface area contributed by atoms with Crippen molar-refractivity contribution < 1.29 is 18.4 Å². The highest BCUT2D eigenvalue weighted by Gasteiger charge is 2.19. The number of ketones is 1. The molecule has 0 fully saturated rings. The summed E-state index contributed by atoms with van der Waals surface area (Å²) in [6.45, 7) is 1.61. The summed E-state index contributed by atoms with van der Waals surface area (Å²) < 4.78 is 28.0. The average molecular weight is 510 g/mol. The third-order valence-electron chi connectivity index (χ3n) is 5.45. The number of nitrogens with one attached hydrogen (secondary N) is 2. The molecule has 4 rings (SSSR count). The molecular weight excluding hydrogens is 488 g/mol. The first-order valence-corrected chi connectivity index (χ1v) is 11.7. The number of hydrogen-bond donors (Lipinski definition) is 2. The Morgan fingerprint density at radius 2 is 1.69 bits per heavy atom. The Balaban J connectivity index is 1.70. The molecule has 4 aromatic rings. The van der Waals surface area contributed by atoms with E-state index in [-0.39, 0.29) is 29.4 Å². The molecule has 184 valence electrons. The second kappa shape index (κ2) is 10.7. The maximum absolute atomic E-state index is 13.5. The molecular formula is C25H21F2N5O3S. The summed E-state index contributed by atoms with van der Waals surface area (Å²) in [4.78, 5) is 46.9. The zero-order valence-corrected chi connectivity index (χ0v) is 20.1. The van der Waals surface area contributed by atoms with Crippen molar-refractivity contribution >= 4 is 28.8 Å². The van der Waals surface area contributed by atoms with Gasteiger partial charge in [-0.1, -0.05) is 0 Å². The van der Waals surface area contributed by atoms with E-state index in [9.17, 15) is 23.2 Å². The summed E-state index contributed by atoms with van der Waals surface area (Å²) >= 11 is 1.17. The van der Waals surface area contributed by atoms with Crippen LogP contribution >= 0.6 is 11.3 Å². The Bertz CT molecular complexity index is 1470. The van der Waals surface area contributed by atoms with Crippen molar-refractivity contribution in [3.05, 3.63) is 98.4 Å². The highest BCUT2D eigenvalue weighted by molar-refractivity contribution is 7.09. The molecule has 11 heteroatoms. The SMILES string of the molecule is CNC(C)C(=O)Nc1ncc(-c2ccc(F)cc2)n(Cc2nc(C(=O)c3ccc(F)cc3)cs2)c1=O. The Hall–Kier alpha value is -4.09. The minimum absolute atomic E-state index is 0.0279. The van der Waals surface area contributed by atoms with E-state index in [0.717, 1.165) is 0 Å². The quantitative estimate of drug-likeness (QED) is 0.353. The van der Waals surface area contributed by atoms with Gasteiger partial charge in [-0.3, -0.25) is 19.0 Å². The van der Waals surface area contributed by atoms with Gasteiger partial charge in [-0.15, -0.1) is 11.3 Å². The second-order valence-corrected chi connectivity index (χ2v) is 8.80. The summed E-state index contributed by atoms with van der Waals surface area (Å²) in [7, 11) is 1.61. The highest BCUT2D eigenvalue weighted by atomic mass is 32.1. The van der Waals surface area contributed by atoms with Crippen LogP contribution in [-0.4, -0.2) is 39.3 Å². The molecule has 2 aromatic carbocycles. The molecule has 0 saturated carbocycles. The molecule has 2 aromatic heterocycles. The summed E-state index contributed by atoms with van der Waals surface area (Å²) in [5.74, 6) is -1.89. The fourth-order valence-electron chi connectivity index (χ4n) is 3.31. The lowest BCUT2D eigenvalue weighted by molar-refractivity contribution is -0.117. The molecule has 1 unspecified atom stereocenters. The van der Waals surface area contributed by atoms with Gasteiger partial charge in [-0.05, 0) is 62.5 Å². The number of anilines is 1. The topological polar surface area (TPSA) is 106 Å². The number of halogens is 2. The lowest BCUT2D eigenvalue weighted by atomic mass is 10.1. The molecule has 1 amide bonds. The molecule has 0 radical (unpaired) electrons. The Morgan fingerprint density at radius 3 is 2.33 bits per heavy atom. The van der Waals surface area contributed by atoms with E-state index < -0.39 is 29.1 Å². The first kappa shape index (κ1) is 25.0. The molecule has 2 heterocycles. The van der Waals surface area contributed by atoms with Gasteiger partial charge in [0.2, 0.25) is 11.7 Å². The number of benzene rings is 2. The van der Waals surface area contributed by atoms with Crippen molar-refractivity contribution in [2.75, 3.05) is 12.4 Å². The van der Waals surface area contributed by atoms with Gasteiger partial charge in [-0.2, -0.15) is 0 Å². The fourth-order valence-corrected chi connectivity index (χ4v) is 4.07. The second-order valence-electron chi connectivity index (χ2n) is 7.85. The molecule has 36 heavy (non-hydrogen) atoms. The third-order valence-corrected chi connectivity index (χ3v) is 6.28. The molecule has 0 saturated heterocycles. The van der Waals surface area contributed by atoms with Crippen molar-refractivity contribution in [2.45, 2.75) is 19.5 Å². The first-order valence-electron chi connectivity index (χ1n) is 10.9. The summed E-state index contributed by atoms with van der Waals surface area (Å²) in [6, 6.07) is 10.1. The van der Waals surface area contributed by atoms with Gasteiger partial charge in [0.1, 0.15) is 22.3 Å². The summed E-state index contributed by atoms with van der Waals surface area (Å²) in [6.07, 6.45) is 1.41. The van der Waals surface area contributed by atoms with Crippen molar-refractivity contribution in [2.24, 2.45) is 0 Å². The predicted molar refractivity (Wildman–Crippen MR) is 132 cm³/mol. The van der Waals surface area contributed by atoms with Crippen LogP contribution in [0.15, 0.2) is 64.9 Å². The van der Waals surface area contributed by atoms with Gasteiger partial charge in [0.05, 0.1) is 24.5 Å². The maximum Gasteiger partial charge on any atom is 0.294 e. The zero-order chi connectivity index (χ0) is 25.8. The minimum Gasteiger partial charge on any atom is -0.309 e. The van der Waals surface area contributed by atoms with E-state index in [0.29, 0.717) is 16.3 Å². The van der Waals surface area contributed by atoms with Crippen LogP contribution in [0.2, 0.25) is 0 Å². The third kappa shape index (κ3) is 5.42. The summed E-state index contributed by atoms with van der Waals surface area (Å²) in [5.41, 5.74) is 0.756. The molecule has 1 atom stereocenters. The van der Waals surface area contributed by atoms with Crippen molar-refractivity contribution in [3.8, 4) is 11.3 Å². The van der Waals surface area contributed by atoms with Gasteiger partial charge in [-0.25, -0.2) is 18.7 Å². The van der Waals surface area contributed by atoms with Gasteiger partial charge in [0.25, 0.3) is 5.56 Å². The summed E-state index contributed by atoms with van der Waals surface area (Å²) in [5, 5.41) is 7.30. The van der Waals surface area contributed by atoms with E-state index in [2.05, 4.69) is 20.6 Å². The van der Waals surface area contributed by atoms with Gasteiger partial charge in [0.15, 0.2) is 5.82 Å². The monoisotopic (exact) mass is 509 g/mol. The number of carbonyl (C=O) groups is 2. The lowest BCUT2D eigenvalue weighted by Crippen LogP contribution is -2.38. The number of carbonyl (C=O) groups excluding carboxylic acids is 2. The first-order chi connectivity index (χ1) is 17.3. The lowest BCUT2D eigenvalue weighted by Gasteiger charge is -2.15. The molecule has 2 N–H and O–H groups in total. The number of likely N-dealkylation sites (N-methyl/N-ethyl adjacent to an activating group) is 1. The maximum atomic E-state index is 13.5. The number of nitrogens with zero attached hydrogens (tertiary/aromatic N) is 3. The number of rotatable bonds is 8. The van der Waals surface area contributed by atoms with Crippen LogP contribution in [0.3, 0.4) is 0 Å². The minimum atomic E-state index is -0.588. The number of thiazole rings is 1. The van der Waals surface area contributed by atoms with Crippen molar-refractivity contribution in [1.82, 2.24) is 19.9 Å². The Kier molecular flexibility index (Phi) is 7.41. The van der Waals surface area contributed by atoms with Gasteiger partial charge in [0, 0.05) is 16.5 Å². The van der Waals surface area contributed by atoms with E-state index in [1.54, 1.807) is 19.4 Å². The van der Waals surface area contributed by atoms with E-state index in [1.165, 1.54) is 70.6 Å². The average Bonchev–Trinajstić information content (AvgIpc) is 3.35. The van der Waals surface area contributed by atoms with Gasteiger partial charge >= 0.3 is 0 Å². The molecule has 0 bridgehead atoms. The standard InChI is InChI=1S/C25H21F2N5O3S/c1-14(28-2)24(34)31-23-25(35)32(20(11-29-23)15-3-7-17(26)8-4-15)12-21-30-19(13-36-21)22(33)16-5-9-18(27)10-6-16/h3-11,13-14,28H,12H2,1-2H3,(H,29,31,34). The molecule has 0 spiro atoms. The van der Waals surface area contributed by atoms with E-state index in [4.69, 9.17) is 0 Å². The number of aromatic nitrogens is 3. The predicted octanol–water partition coefficient (Wildman–Crippen LogP) is 3.47. The van der Waals surface area contributed by atoms with Crippen molar-refractivity contribution in [1.29, 1.82) is 0 Å². The Labute approximate surface area is 208 Å². The van der Waals surface area contributed by atoms with Crippen LogP contribution in [0.5, 0.6) is 0 Å². The Morgan fingerprint density at radius 1 is 1.06 bits per heavy atom. The fraction of sp³-hybridized carbons (Fsp3) is 0.160. The van der Waals surface area contributed by atoms with Crippen LogP contribution in [-0.2, 0) is 11.3 Å². The molecule has 0 aliphatic rings. The normalized spacial score (nSPS) is 11.8. The highest BCUT2D eigenvalue weighted by Crippen LogP contribution is 2.22. The van der Waals surface area contributed by atoms with E-state index in [1.807, 2.05) is 0 Å². The van der Waals surface area contributed by atoms with Crippen LogP contribution in [0.25, 0.3) is 11.3 Å². The molecule has 0 aliphatic heterocycles. The molecule has 0 aliphatic carbocycles. The molecule has 8 nitrogen and oxygen atoms in total. The zero-order valence-electron chi connectivity index (χ0n) is 19.3. The smallest absolute Gasteiger partial charge is 0.294 e. The van der Waals surface area contributed by atoms with E-state index >= 15 is 0 Å². The largest absolute Gasteiger partial charge is 0.309 e. The van der Waals surface area contributed by atoms with Crippen LogP contribution in [0, 0.1) is 11.6 Å². The number of amides is 1. The van der Waals surface area contributed by atoms with Crippen LogP contribution in [0.1, 0.15) is 28.0 Å². The van der Waals surface area contributed by atoms with Crippen LogP contribution < -0.4 is 16.2 Å². The van der Waals surface area contributed by atoms with Crippen LogP contribution in [0.4, 0.5) is 14.6 Å². The number of hydrogen-bond acceptors (Lipinski definition) is 7. The van der Waals surface area contributed by atoms with Gasteiger partial charge < -0.3 is 10.6 Å². The van der Waals surface area contributed by atoms with Crippen molar-refractivity contribution in [3.63, 3.8) is 0 Å².